The maximum absolute atomic E-state index is 6.14. The van der Waals surface area contributed by atoms with Gasteiger partial charge in [-0.25, -0.2) is 0 Å². The van der Waals surface area contributed by atoms with Crippen LogP contribution in [0.5, 0.6) is 0 Å². The molecule has 0 amide bonds. The van der Waals surface area contributed by atoms with Crippen molar-refractivity contribution in [3.63, 3.8) is 0 Å². The van der Waals surface area contributed by atoms with Gasteiger partial charge in [0.2, 0.25) is 0 Å². The largest absolute Gasteiger partial charge is 0.368 e. The Morgan fingerprint density at radius 1 is 1.42 bits per heavy atom. The standard InChI is InChI=1S/C16H25BrN2/c1-4-15(18)8-13-5-6-14(17)9-16(13)19-10-11(2)7-12(19)3/h5-6,9,11-12,15H,4,7-8,10,18H2,1-3H3. The maximum atomic E-state index is 6.14. The van der Waals surface area contributed by atoms with Gasteiger partial charge in [-0.05, 0) is 49.8 Å². The molecule has 0 bridgehead atoms. The lowest BCUT2D eigenvalue weighted by atomic mass is 10.0. The molecule has 2 nitrogen and oxygen atoms in total. The number of halogens is 1. The van der Waals surface area contributed by atoms with Crippen LogP contribution in [0.1, 0.15) is 39.2 Å². The fourth-order valence-electron chi connectivity index (χ4n) is 3.04. The summed E-state index contributed by atoms with van der Waals surface area (Å²) in [4.78, 5) is 2.55. The molecule has 19 heavy (non-hydrogen) atoms. The van der Waals surface area contributed by atoms with E-state index in [2.05, 4.69) is 59.8 Å². The second kappa shape index (κ2) is 6.27. The zero-order chi connectivity index (χ0) is 14.0. The number of benzene rings is 1. The molecule has 1 aromatic rings. The first-order valence-corrected chi connectivity index (χ1v) is 8.11. The van der Waals surface area contributed by atoms with Gasteiger partial charge >= 0.3 is 0 Å². The summed E-state index contributed by atoms with van der Waals surface area (Å²) in [5, 5.41) is 0. The summed E-state index contributed by atoms with van der Waals surface area (Å²) in [5.41, 5.74) is 8.90. The molecule has 2 N–H and O–H groups in total. The highest BCUT2D eigenvalue weighted by Crippen LogP contribution is 2.33. The quantitative estimate of drug-likeness (QED) is 0.908. The molecule has 1 aliphatic rings. The molecule has 0 aliphatic carbocycles. The highest BCUT2D eigenvalue weighted by molar-refractivity contribution is 9.10. The third-order valence-electron chi connectivity index (χ3n) is 4.15. The van der Waals surface area contributed by atoms with Crippen LogP contribution in [0.25, 0.3) is 0 Å². The summed E-state index contributed by atoms with van der Waals surface area (Å²) >= 11 is 3.60. The van der Waals surface area contributed by atoms with Crippen molar-refractivity contribution in [3.05, 3.63) is 28.2 Å². The van der Waals surface area contributed by atoms with E-state index in [4.69, 9.17) is 5.73 Å². The highest BCUT2D eigenvalue weighted by Gasteiger charge is 2.27. The molecule has 2 rings (SSSR count). The first-order chi connectivity index (χ1) is 9.01. The summed E-state index contributed by atoms with van der Waals surface area (Å²) in [7, 11) is 0. The van der Waals surface area contributed by atoms with Gasteiger partial charge in [0.05, 0.1) is 0 Å². The van der Waals surface area contributed by atoms with E-state index in [0.717, 1.165) is 29.8 Å². The van der Waals surface area contributed by atoms with E-state index in [-0.39, 0.29) is 6.04 Å². The van der Waals surface area contributed by atoms with E-state index < -0.39 is 0 Å². The van der Waals surface area contributed by atoms with Crippen LogP contribution >= 0.6 is 15.9 Å². The third-order valence-corrected chi connectivity index (χ3v) is 4.64. The number of nitrogens with two attached hydrogens (primary N) is 1. The Bertz CT molecular complexity index is 433. The smallest absolute Gasteiger partial charge is 0.0413 e. The Morgan fingerprint density at radius 3 is 2.74 bits per heavy atom. The Labute approximate surface area is 125 Å². The van der Waals surface area contributed by atoms with Gasteiger partial charge in [0, 0.05) is 28.8 Å². The Balaban J connectivity index is 2.29. The van der Waals surface area contributed by atoms with E-state index in [9.17, 15) is 0 Å². The molecular weight excluding hydrogens is 300 g/mol. The molecule has 1 fully saturated rings. The van der Waals surface area contributed by atoms with E-state index in [1.807, 2.05) is 0 Å². The van der Waals surface area contributed by atoms with Gasteiger partial charge < -0.3 is 10.6 Å². The van der Waals surface area contributed by atoms with Crippen molar-refractivity contribution < 1.29 is 0 Å². The van der Waals surface area contributed by atoms with Crippen LogP contribution in [-0.2, 0) is 6.42 Å². The van der Waals surface area contributed by atoms with Gasteiger partial charge in [0.1, 0.15) is 0 Å². The second-order valence-corrected chi connectivity index (χ2v) is 6.90. The van der Waals surface area contributed by atoms with Crippen molar-refractivity contribution >= 4 is 21.6 Å². The average Bonchev–Trinajstić information content (AvgIpc) is 2.70. The van der Waals surface area contributed by atoms with Gasteiger partial charge in [-0.1, -0.05) is 35.8 Å². The fraction of sp³-hybridized carbons (Fsp3) is 0.625. The zero-order valence-corrected chi connectivity index (χ0v) is 13.8. The molecule has 0 radical (unpaired) electrons. The van der Waals surface area contributed by atoms with Crippen LogP contribution < -0.4 is 10.6 Å². The molecule has 0 saturated carbocycles. The van der Waals surface area contributed by atoms with Crippen LogP contribution in [0.3, 0.4) is 0 Å². The van der Waals surface area contributed by atoms with Gasteiger partial charge in [-0.2, -0.15) is 0 Å². The van der Waals surface area contributed by atoms with Crippen molar-refractivity contribution in [2.75, 3.05) is 11.4 Å². The van der Waals surface area contributed by atoms with Crippen LogP contribution in [0, 0.1) is 5.92 Å². The van der Waals surface area contributed by atoms with Crippen LogP contribution in [0.15, 0.2) is 22.7 Å². The molecule has 3 heteroatoms. The van der Waals surface area contributed by atoms with Gasteiger partial charge in [0.15, 0.2) is 0 Å². The minimum Gasteiger partial charge on any atom is -0.368 e. The summed E-state index contributed by atoms with van der Waals surface area (Å²) in [6.07, 6.45) is 3.28. The SMILES string of the molecule is CCC(N)Cc1ccc(Br)cc1N1CC(C)CC1C. The first-order valence-electron chi connectivity index (χ1n) is 7.31. The van der Waals surface area contributed by atoms with Gasteiger partial charge in [0.25, 0.3) is 0 Å². The van der Waals surface area contributed by atoms with E-state index in [1.54, 1.807) is 0 Å². The topological polar surface area (TPSA) is 29.3 Å². The molecular formula is C16H25BrN2. The van der Waals surface area contributed by atoms with Crippen LogP contribution in [0.4, 0.5) is 5.69 Å². The summed E-state index contributed by atoms with van der Waals surface area (Å²) < 4.78 is 1.16. The predicted octanol–water partition coefficient (Wildman–Crippen LogP) is 3.96. The lowest BCUT2D eigenvalue weighted by molar-refractivity contribution is 0.624. The molecule has 1 aliphatic heterocycles. The summed E-state index contributed by atoms with van der Waals surface area (Å²) in [6, 6.07) is 7.50. The lowest BCUT2D eigenvalue weighted by Gasteiger charge is -2.27. The van der Waals surface area contributed by atoms with Crippen molar-refractivity contribution in [1.29, 1.82) is 0 Å². The molecule has 3 unspecified atom stereocenters. The molecule has 0 aromatic heterocycles. The average molecular weight is 325 g/mol. The van der Waals surface area contributed by atoms with Crippen LogP contribution in [0.2, 0.25) is 0 Å². The van der Waals surface area contributed by atoms with Crippen molar-refractivity contribution in [2.24, 2.45) is 11.7 Å². The third kappa shape index (κ3) is 3.51. The fourth-order valence-corrected chi connectivity index (χ4v) is 3.39. The molecule has 1 heterocycles. The van der Waals surface area contributed by atoms with E-state index in [0.29, 0.717) is 6.04 Å². The van der Waals surface area contributed by atoms with E-state index in [1.165, 1.54) is 17.7 Å². The predicted molar refractivity (Wildman–Crippen MR) is 86.7 cm³/mol. The zero-order valence-electron chi connectivity index (χ0n) is 12.2. The highest BCUT2D eigenvalue weighted by atomic mass is 79.9. The molecule has 0 spiro atoms. The number of nitrogens with zero attached hydrogens (tertiary/aromatic N) is 1. The van der Waals surface area contributed by atoms with Gasteiger partial charge in [-0.15, -0.1) is 0 Å². The van der Waals surface area contributed by atoms with Crippen molar-refractivity contribution in [2.45, 2.75) is 52.1 Å². The first kappa shape index (κ1) is 14.9. The van der Waals surface area contributed by atoms with Crippen molar-refractivity contribution in [1.82, 2.24) is 0 Å². The molecule has 106 valence electrons. The Hall–Kier alpha value is -0.540. The molecule has 1 saturated heterocycles. The Morgan fingerprint density at radius 2 is 2.16 bits per heavy atom. The van der Waals surface area contributed by atoms with Crippen LogP contribution in [-0.4, -0.2) is 18.6 Å². The molecule has 1 aromatic carbocycles. The molecule has 3 atom stereocenters. The minimum absolute atomic E-state index is 0.259. The number of rotatable bonds is 4. The lowest BCUT2D eigenvalue weighted by Crippen LogP contribution is -2.29. The Kier molecular flexibility index (Phi) is 4.91. The van der Waals surface area contributed by atoms with E-state index >= 15 is 0 Å². The summed E-state index contributed by atoms with van der Waals surface area (Å²) in [6.45, 7) is 7.98. The number of anilines is 1. The van der Waals surface area contributed by atoms with Gasteiger partial charge in [-0.3, -0.25) is 0 Å². The minimum atomic E-state index is 0.259. The maximum Gasteiger partial charge on any atom is 0.0413 e. The summed E-state index contributed by atoms with van der Waals surface area (Å²) in [5.74, 6) is 0.779. The number of hydrogen-bond acceptors (Lipinski definition) is 2. The monoisotopic (exact) mass is 324 g/mol. The van der Waals surface area contributed by atoms with Crippen molar-refractivity contribution in [3.8, 4) is 0 Å². The number of hydrogen-bond donors (Lipinski definition) is 1. The second-order valence-electron chi connectivity index (χ2n) is 5.99. The normalized spacial score (nSPS) is 24.8.